The van der Waals surface area contributed by atoms with E-state index in [9.17, 15) is 0 Å². The second-order valence-corrected chi connectivity index (χ2v) is 14.9. The van der Waals surface area contributed by atoms with E-state index in [1.807, 2.05) is 0 Å². The van der Waals surface area contributed by atoms with Crippen molar-refractivity contribution in [2.45, 2.75) is 0 Å². The van der Waals surface area contributed by atoms with Crippen LogP contribution in [0.5, 0.6) is 0 Å². The van der Waals surface area contributed by atoms with E-state index in [0.717, 1.165) is 22.7 Å². The minimum absolute atomic E-state index is 1.09. The van der Waals surface area contributed by atoms with Crippen molar-refractivity contribution in [3.8, 4) is 39.1 Å². The Morgan fingerprint density at radius 2 is 0.929 bits per heavy atom. The third kappa shape index (κ3) is 4.50. The van der Waals surface area contributed by atoms with Crippen molar-refractivity contribution in [3.05, 3.63) is 206 Å². The molecular formula is C54H34N2. The van der Waals surface area contributed by atoms with E-state index in [1.54, 1.807) is 0 Å². The summed E-state index contributed by atoms with van der Waals surface area (Å²) in [6.07, 6.45) is 0. The molecule has 0 saturated carbocycles. The first-order valence-electron chi connectivity index (χ1n) is 19.4. The second kappa shape index (κ2) is 12.0. The molecule has 0 saturated heterocycles. The Hall–Kier alpha value is -7.42. The Morgan fingerprint density at radius 1 is 0.321 bits per heavy atom. The Labute approximate surface area is 324 Å². The summed E-state index contributed by atoms with van der Waals surface area (Å²) >= 11 is 0. The highest BCUT2D eigenvalue weighted by molar-refractivity contribution is 6.19. The molecule has 56 heavy (non-hydrogen) atoms. The maximum absolute atomic E-state index is 2.47. The van der Waals surface area contributed by atoms with Gasteiger partial charge in [0, 0.05) is 38.8 Å². The third-order valence-electron chi connectivity index (χ3n) is 11.9. The van der Waals surface area contributed by atoms with Crippen LogP contribution in [0.15, 0.2) is 206 Å². The van der Waals surface area contributed by atoms with Crippen LogP contribution >= 0.6 is 0 Å². The maximum atomic E-state index is 2.47. The maximum Gasteiger partial charge on any atom is 0.0619 e. The molecule has 0 N–H and O–H groups in total. The van der Waals surface area contributed by atoms with E-state index in [4.69, 9.17) is 0 Å². The highest BCUT2D eigenvalue weighted by atomic mass is 15.1. The van der Waals surface area contributed by atoms with Crippen LogP contribution < -0.4 is 4.90 Å². The molecular weight excluding hydrogens is 677 g/mol. The molecule has 0 amide bonds. The van der Waals surface area contributed by atoms with Gasteiger partial charge >= 0.3 is 0 Å². The predicted octanol–water partition coefficient (Wildman–Crippen LogP) is 15.0. The number of hydrogen-bond acceptors (Lipinski definition) is 1. The molecule has 1 heterocycles. The zero-order valence-electron chi connectivity index (χ0n) is 30.5. The van der Waals surface area contributed by atoms with Crippen molar-refractivity contribution in [1.29, 1.82) is 0 Å². The number of aromatic nitrogens is 1. The molecule has 2 heteroatoms. The van der Waals surface area contributed by atoms with E-state index in [1.165, 1.54) is 87.5 Å². The summed E-state index contributed by atoms with van der Waals surface area (Å²) in [4.78, 5) is 2.47. The van der Waals surface area contributed by atoms with Crippen LogP contribution in [0.1, 0.15) is 0 Å². The van der Waals surface area contributed by atoms with E-state index < -0.39 is 0 Å². The molecule has 0 atom stereocenters. The Balaban J connectivity index is 1.13. The number of fused-ring (bicyclic) bond motifs is 9. The monoisotopic (exact) mass is 710 g/mol. The third-order valence-corrected chi connectivity index (χ3v) is 11.9. The molecule has 0 aliphatic heterocycles. The Kier molecular flexibility index (Phi) is 6.66. The summed E-state index contributed by atoms with van der Waals surface area (Å²) in [5.74, 6) is 0. The van der Waals surface area contributed by atoms with Crippen LogP contribution in [-0.4, -0.2) is 4.57 Å². The number of nitrogens with zero attached hydrogens (tertiary/aromatic N) is 2. The van der Waals surface area contributed by atoms with Gasteiger partial charge in [-0.25, -0.2) is 0 Å². The molecule has 0 spiro atoms. The molecule has 11 aromatic rings. The topological polar surface area (TPSA) is 8.17 Å². The zero-order chi connectivity index (χ0) is 36.7. The lowest BCUT2D eigenvalue weighted by atomic mass is 9.95. The summed E-state index contributed by atoms with van der Waals surface area (Å²) in [6, 6.07) is 75.9. The molecule has 1 aliphatic carbocycles. The number of hydrogen-bond donors (Lipinski definition) is 0. The van der Waals surface area contributed by atoms with Crippen molar-refractivity contribution in [1.82, 2.24) is 4.57 Å². The van der Waals surface area contributed by atoms with E-state index in [0.29, 0.717) is 0 Å². The first-order chi connectivity index (χ1) is 27.8. The molecule has 0 bridgehead atoms. The van der Waals surface area contributed by atoms with Gasteiger partial charge in [0.15, 0.2) is 0 Å². The average molecular weight is 711 g/mol. The van der Waals surface area contributed by atoms with Crippen molar-refractivity contribution in [2.75, 3.05) is 4.90 Å². The van der Waals surface area contributed by atoms with Crippen molar-refractivity contribution in [2.24, 2.45) is 0 Å². The summed E-state index contributed by atoms with van der Waals surface area (Å²) in [5.41, 5.74) is 14.4. The standard InChI is InChI=1S/C54H34N2/c1-3-20-41-35(13-1)15-9-24-43(41)45-22-5-7-27-51(45)55(40-30-32-44-47-25-10-16-37-17-11-26-48(53(37)47)50(44)34-40)38-18-12-19-39(33-38)56-52-28-8-6-23-46(52)49-31-29-36-14-2-4-21-42(36)54(49)56/h1-34H. The smallest absolute Gasteiger partial charge is 0.0619 e. The quantitative estimate of drug-likeness (QED) is 0.173. The average Bonchev–Trinajstić information content (AvgIpc) is 3.78. The van der Waals surface area contributed by atoms with Gasteiger partial charge in [0.1, 0.15) is 0 Å². The van der Waals surface area contributed by atoms with Crippen LogP contribution in [-0.2, 0) is 0 Å². The fourth-order valence-electron chi connectivity index (χ4n) is 9.47. The molecule has 0 radical (unpaired) electrons. The normalized spacial score (nSPS) is 11.9. The molecule has 0 unspecified atom stereocenters. The van der Waals surface area contributed by atoms with Gasteiger partial charge in [-0.15, -0.1) is 0 Å². The fraction of sp³-hybridized carbons (Fsp3) is 0. The Bertz CT molecular complexity index is 3370. The summed E-state index contributed by atoms with van der Waals surface area (Å²) in [5, 5.41) is 10.1. The van der Waals surface area contributed by atoms with Gasteiger partial charge in [0.25, 0.3) is 0 Å². The van der Waals surface area contributed by atoms with Crippen LogP contribution in [0.4, 0.5) is 17.1 Å². The van der Waals surface area contributed by atoms with Crippen LogP contribution in [0.3, 0.4) is 0 Å². The Morgan fingerprint density at radius 3 is 1.79 bits per heavy atom. The molecule has 10 aromatic carbocycles. The van der Waals surface area contributed by atoms with Gasteiger partial charge in [-0.1, -0.05) is 164 Å². The van der Waals surface area contributed by atoms with Gasteiger partial charge < -0.3 is 9.47 Å². The van der Waals surface area contributed by atoms with E-state index >= 15 is 0 Å². The largest absolute Gasteiger partial charge is 0.310 e. The van der Waals surface area contributed by atoms with Gasteiger partial charge in [-0.2, -0.15) is 0 Å². The second-order valence-electron chi connectivity index (χ2n) is 14.9. The lowest BCUT2D eigenvalue weighted by Gasteiger charge is -2.29. The van der Waals surface area contributed by atoms with Crippen LogP contribution in [0.25, 0.3) is 93.2 Å². The number of para-hydroxylation sites is 2. The minimum Gasteiger partial charge on any atom is -0.310 e. The van der Waals surface area contributed by atoms with Crippen LogP contribution in [0, 0.1) is 0 Å². The van der Waals surface area contributed by atoms with Gasteiger partial charge in [-0.05, 0) is 97.2 Å². The number of rotatable bonds is 5. The fourth-order valence-corrected chi connectivity index (χ4v) is 9.47. The zero-order valence-corrected chi connectivity index (χ0v) is 30.5. The van der Waals surface area contributed by atoms with Crippen LogP contribution in [0.2, 0.25) is 0 Å². The molecule has 0 fully saturated rings. The highest BCUT2D eigenvalue weighted by Crippen LogP contribution is 2.51. The van der Waals surface area contributed by atoms with Crippen molar-refractivity contribution >= 4 is 71.2 Å². The van der Waals surface area contributed by atoms with Crippen molar-refractivity contribution < 1.29 is 0 Å². The first-order valence-corrected chi connectivity index (χ1v) is 19.4. The molecule has 2 nitrogen and oxygen atoms in total. The van der Waals surface area contributed by atoms with E-state index in [-0.39, 0.29) is 0 Å². The number of anilines is 3. The molecule has 1 aliphatic rings. The van der Waals surface area contributed by atoms with Gasteiger partial charge in [-0.3, -0.25) is 0 Å². The molecule has 12 rings (SSSR count). The summed E-state index contributed by atoms with van der Waals surface area (Å²) in [7, 11) is 0. The lowest BCUT2D eigenvalue weighted by molar-refractivity contribution is 1.17. The molecule has 260 valence electrons. The summed E-state index contributed by atoms with van der Waals surface area (Å²) in [6.45, 7) is 0. The minimum atomic E-state index is 1.09. The lowest BCUT2D eigenvalue weighted by Crippen LogP contribution is -2.12. The predicted molar refractivity (Wildman–Crippen MR) is 238 cm³/mol. The highest BCUT2D eigenvalue weighted by Gasteiger charge is 2.25. The first kappa shape index (κ1) is 31.0. The molecule has 1 aromatic heterocycles. The SMILES string of the molecule is c1cc(N(c2ccc3c(c2)-c2cccc4cccc-3c24)c2ccccc2-c2cccc3ccccc23)cc(-n2c3ccccc3c3ccc4ccccc4c32)c1. The van der Waals surface area contributed by atoms with Crippen molar-refractivity contribution in [3.63, 3.8) is 0 Å². The van der Waals surface area contributed by atoms with E-state index in [2.05, 4.69) is 216 Å². The number of benzene rings is 10. The summed E-state index contributed by atoms with van der Waals surface area (Å²) < 4.78 is 2.46. The van der Waals surface area contributed by atoms with Gasteiger partial charge in [0.2, 0.25) is 0 Å². The van der Waals surface area contributed by atoms with Gasteiger partial charge in [0.05, 0.1) is 16.7 Å².